The molecule has 0 heterocycles. The summed E-state index contributed by atoms with van der Waals surface area (Å²) in [5, 5.41) is -1.23. The first-order valence-electron chi connectivity index (χ1n) is 9.02. The number of alkyl halides is 3. The lowest BCUT2D eigenvalue weighted by Crippen LogP contribution is -2.19. The number of carbonyl (C=O) groups is 1. The van der Waals surface area contributed by atoms with Gasteiger partial charge >= 0.3 is 12.1 Å². The second kappa shape index (κ2) is 8.11. The number of hydrogen-bond acceptors (Lipinski definition) is 3. The SMILES string of the molecule is CC1(C)C(C=C(Cl)C(F)(F)F)C1C(=O)OC(Oc1ccccc1)c1ccccc1. The largest absolute Gasteiger partial charge is 0.450 e. The number of rotatable bonds is 6. The second-order valence-electron chi connectivity index (χ2n) is 7.45. The first kappa shape index (κ1) is 21.2. The third-order valence-electron chi connectivity index (χ3n) is 5.04. The molecular weight excluding hydrogens is 405 g/mol. The smallest absolute Gasteiger partial charge is 0.426 e. The Balaban J connectivity index is 1.78. The van der Waals surface area contributed by atoms with Crippen LogP contribution in [0.15, 0.2) is 71.8 Å². The molecule has 3 unspecified atom stereocenters. The van der Waals surface area contributed by atoms with E-state index in [4.69, 9.17) is 21.1 Å². The van der Waals surface area contributed by atoms with Crippen LogP contribution in [0.25, 0.3) is 0 Å². The monoisotopic (exact) mass is 424 g/mol. The molecule has 0 amide bonds. The van der Waals surface area contributed by atoms with E-state index in [0.717, 1.165) is 6.08 Å². The van der Waals surface area contributed by atoms with E-state index in [0.29, 0.717) is 11.3 Å². The minimum absolute atomic E-state index is 0.501. The summed E-state index contributed by atoms with van der Waals surface area (Å²) in [4.78, 5) is 12.8. The van der Waals surface area contributed by atoms with Crippen molar-refractivity contribution in [1.29, 1.82) is 0 Å². The topological polar surface area (TPSA) is 35.5 Å². The lowest BCUT2D eigenvalue weighted by molar-refractivity contribution is -0.167. The van der Waals surface area contributed by atoms with Gasteiger partial charge in [-0.05, 0) is 23.5 Å². The van der Waals surface area contributed by atoms with Gasteiger partial charge in [0.05, 0.1) is 5.92 Å². The number of esters is 1. The first-order valence-corrected chi connectivity index (χ1v) is 9.40. The molecule has 0 saturated heterocycles. The molecule has 2 aromatic carbocycles. The standard InChI is InChI=1S/C22H20ClF3O3/c1-21(2)16(13-17(23)22(24,25)26)18(21)19(27)29-20(14-9-5-3-6-10-14)28-15-11-7-4-8-12-15/h3-13,16,18,20H,1-2H3. The number of hydrogen-bond donors (Lipinski definition) is 0. The average Bonchev–Trinajstić information content (AvgIpc) is 3.22. The number of carbonyl (C=O) groups excluding carboxylic acids is 1. The Morgan fingerprint density at radius 1 is 1.07 bits per heavy atom. The molecule has 1 saturated carbocycles. The maximum Gasteiger partial charge on any atom is 0.426 e. The maximum absolute atomic E-state index is 12.8. The molecule has 29 heavy (non-hydrogen) atoms. The molecule has 3 nitrogen and oxygen atoms in total. The summed E-state index contributed by atoms with van der Waals surface area (Å²) in [6.07, 6.45) is -4.77. The predicted molar refractivity (Wildman–Crippen MR) is 103 cm³/mol. The average molecular weight is 425 g/mol. The molecular formula is C22H20ClF3O3. The van der Waals surface area contributed by atoms with Gasteiger partial charge in [-0.25, -0.2) is 0 Å². The third-order valence-corrected chi connectivity index (χ3v) is 5.38. The van der Waals surface area contributed by atoms with Crippen molar-refractivity contribution in [3.8, 4) is 5.75 Å². The fourth-order valence-electron chi connectivity index (χ4n) is 3.26. The fraction of sp³-hybridized carbons (Fsp3) is 0.318. The molecule has 2 aromatic rings. The first-order chi connectivity index (χ1) is 13.6. The van der Waals surface area contributed by atoms with Crippen LogP contribution in [0.1, 0.15) is 25.7 Å². The van der Waals surface area contributed by atoms with Crippen LogP contribution in [0.2, 0.25) is 0 Å². The summed E-state index contributed by atoms with van der Waals surface area (Å²) in [5.74, 6) is -1.55. The van der Waals surface area contributed by atoms with E-state index in [2.05, 4.69) is 0 Å². The summed E-state index contributed by atoms with van der Waals surface area (Å²) in [7, 11) is 0. The minimum Gasteiger partial charge on any atom is -0.450 e. The molecule has 0 radical (unpaired) electrons. The number of para-hydroxylation sites is 1. The van der Waals surface area contributed by atoms with Crippen molar-refractivity contribution in [2.45, 2.75) is 26.3 Å². The van der Waals surface area contributed by atoms with E-state index < -0.39 is 40.7 Å². The van der Waals surface area contributed by atoms with Gasteiger partial charge in [-0.3, -0.25) is 4.79 Å². The molecule has 0 aliphatic heterocycles. The van der Waals surface area contributed by atoms with Gasteiger partial charge in [0.2, 0.25) is 0 Å². The Morgan fingerprint density at radius 3 is 2.17 bits per heavy atom. The zero-order chi connectivity index (χ0) is 21.2. The lowest BCUT2D eigenvalue weighted by atomic mass is 10.1. The van der Waals surface area contributed by atoms with Gasteiger partial charge in [0.15, 0.2) is 0 Å². The molecule has 1 fully saturated rings. The Kier molecular flexibility index (Phi) is 5.94. The van der Waals surface area contributed by atoms with E-state index in [9.17, 15) is 18.0 Å². The molecule has 0 bridgehead atoms. The predicted octanol–water partition coefficient (Wildman–Crippen LogP) is 6.26. The van der Waals surface area contributed by atoms with Gasteiger partial charge in [0, 0.05) is 5.56 Å². The molecule has 1 aliphatic carbocycles. The molecule has 3 atom stereocenters. The quantitative estimate of drug-likeness (QED) is 0.405. The van der Waals surface area contributed by atoms with E-state index in [-0.39, 0.29) is 0 Å². The van der Waals surface area contributed by atoms with Crippen LogP contribution in [-0.2, 0) is 9.53 Å². The van der Waals surface area contributed by atoms with Crippen LogP contribution in [-0.4, -0.2) is 12.1 Å². The van der Waals surface area contributed by atoms with Crippen LogP contribution in [0.4, 0.5) is 13.2 Å². The van der Waals surface area contributed by atoms with E-state index in [1.54, 1.807) is 62.4 Å². The van der Waals surface area contributed by atoms with Crippen molar-refractivity contribution in [2.24, 2.45) is 17.3 Å². The zero-order valence-electron chi connectivity index (χ0n) is 15.8. The number of benzene rings is 2. The van der Waals surface area contributed by atoms with Crippen molar-refractivity contribution in [2.75, 3.05) is 0 Å². The molecule has 0 spiro atoms. The highest BCUT2D eigenvalue weighted by Gasteiger charge is 2.62. The van der Waals surface area contributed by atoms with E-state index in [1.165, 1.54) is 0 Å². The summed E-state index contributed by atoms with van der Waals surface area (Å²) in [6, 6.07) is 17.7. The van der Waals surface area contributed by atoms with Crippen LogP contribution in [0.3, 0.4) is 0 Å². The maximum atomic E-state index is 12.8. The van der Waals surface area contributed by atoms with E-state index in [1.807, 2.05) is 12.1 Å². The van der Waals surface area contributed by atoms with Crippen molar-refractivity contribution in [3.05, 3.63) is 77.3 Å². The van der Waals surface area contributed by atoms with Gasteiger partial charge in [-0.1, -0.05) is 80.1 Å². The van der Waals surface area contributed by atoms with Crippen LogP contribution < -0.4 is 4.74 Å². The highest BCUT2D eigenvalue weighted by atomic mass is 35.5. The van der Waals surface area contributed by atoms with Crippen molar-refractivity contribution >= 4 is 17.6 Å². The molecule has 154 valence electrons. The zero-order valence-corrected chi connectivity index (χ0v) is 16.6. The number of allylic oxidation sites excluding steroid dienone is 2. The summed E-state index contributed by atoms with van der Waals surface area (Å²) >= 11 is 5.36. The Morgan fingerprint density at radius 2 is 1.62 bits per heavy atom. The number of halogens is 4. The molecule has 0 aromatic heterocycles. The molecule has 1 aliphatic rings. The van der Waals surface area contributed by atoms with Crippen molar-refractivity contribution < 1.29 is 27.4 Å². The van der Waals surface area contributed by atoms with Gasteiger partial charge in [0.1, 0.15) is 10.8 Å². The van der Waals surface area contributed by atoms with Crippen LogP contribution >= 0.6 is 11.6 Å². The third kappa shape index (κ3) is 4.93. The summed E-state index contributed by atoms with van der Waals surface area (Å²) in [6.45, 7) is 3.41. The lowest BCUT2D eigenvalue weighted by Gasteiger charge is -2.20. The number of ether oxygens (including phenoxy) is 2. The normalized spacial score (nSPS) is 21.9. The summed E-state index contributed by atoms with van der Waals surface area (Å²) < 4.78 is 49.7. The highest BCUT2D eigenvalue weighted by Crippen LogP contribution is 2.60. The second-order valence-corrected chi connectivity index (χ2v) is 7.85. The Bertz CT molecular complexity index is 879. The van der Waals surface area contributed by atoms with E-state index >= 15 is 0 Å². The molecule has 3 rings (SSSR count). The van der Waals surface area contributed by atoms with Gasteiger partial charge in [-0.15, -0.1) is 0 Å². The van der Waals surface area contributed by atoms with Gasteiger partial charge in [0.25, 0.3) is 6.29 Å². The van der Waals surface area contributed by atoms with Crippen molar-refractivity contribution in [3.63, 3.8) is 0 Å². The Hall–Kier alpha value is -2.47. The molecule has 0 N–H and O–H groups in total. The van der Waals surface area contributed by atoms with Crippen molar-refractivity contribution in [1.82, 2.24) is 0 Å². The fourth-order valence-corrected chi connectivity index (χ4v) is 3.40. The van der Waals surface area contributed by atoms with Crippen LogP contribution in [0, 0.1) is 17.3 Å². The highest BCUT2D eigenvalue weighted by molar-refractivity contribution is 6.30. The minimum atomic E-state index is -4.64. The van der Waals surface area contributed by atoms with Gasteiger partial charge in [-0.2, -0.15) is 13.2 Å². The van der Waals surface area contributed by atoms with Crippen LogP contribution in [0.5, 0.6) is 5.75 Å². The Labute approximate surface area is 172 Å². The van der Waals surface area contributed by atoms with Gasteiger partial charge < -0.3 is 9.47 Å². The summed E-state index contributed by atoms with van der Waals surface area (Å²) in [5.41, 5.74) is -0.0835. The molecule has 7 heteroatoms.